The lowest BCUT2D eigenvalue weighted by molar-refractivity contribution is 0.243. The zero-order chi connectivity index (χ0) is 16.2. The van der Waals surface area contributed by atoms with Crippen molar-refractivity contribution in [3.8, 4) is 0 Å². The molecule has 7 heteroatoms. The summed E-state index contributed by atoms with van der Waals surface area (Å²) in [6.07, 6.45) is 1.69. The molecule has 23 heavy (non-hydrogen) atoms. The van der Waals surface area contributed by atoms with Crippen LogP contribution in [0.5, 0.6) is 0 Å². The van der Waals surface area contributed by atoms with Crippen molar-refractivity contribution in [1.29, 1.82) is 0 Å². The molecule has 0 spiro atoms. The van der Waals surface area contributed by atoms with Gasteiger partial charge in [-0.2, -0.15) is 4.98 Å². The average Bonchev–Trinajstić information content (AvgIpc) is 3.05. The predicted octanol–water partition coefficient (Wildman–Crippen LogP) is 2.72. The van der Waals surface area contributed by atoms with Crippen molar-refractivity contribution in [2.45, 2.75) is 32.7 Å². The molecule has 0 saturated carbocycles. The molecule has 1 atom stereocenters. The van der Waals surface area contributed by atoms with E-state index in [2.05, 4.69) is 20.8 Å². The Morgan fingerprint density at radius 2 is 2.35 bits per heavy atom. The Bertz CT molecular complexity index is 685. The highest BCUT2D eigenvalue weighted by Crippen LogP contribution is 2.24. The van der Waals surface area contributed by atoms with Gasteiger partial charge in [-0.05, 0) is 31.5 Å². The number of hydrogen-bond donors (Lipinski definition) is 2. The van der Waals surface area contributed by atoms with Gasteiger partial charge < -0.3 is 15.2 Å². The first-order valence-electron chi connectivity index (χ1n) is 7.92. The van der Waals surface area contributed by atoms with Gasteiger partial charge in [-0.15, -0.1) is 0 Å². The van der Waals surface area contributed by atoms with Gasteiger partial charge in [0.2, 0.25) is 5.89 Å². The quantitative estimate of drug-likeness (QED) is 0.886. The minimum atomic E-state index is -0.103. The molecule has 122 valence electrons. The summed E-state index contributed by atoms with van der Waals surface area (Å²) in [5.41, 5.74) is 1.78. The lowest BCUT2D eigenvalue weighted by Crippen LogP contribution is -2.46. The van der Waals surface area contributed by atoms with E-state index in [1.54, 1.807) is 4.90 Å². The van der Waals surface area contributed by atoms with Gasteiger partial charge in [0.1, 0.15) is 6.04 Å². The number of aromatic nitrogens is 2. The fraction of sp³-hybridized carbons (Fsp3) is 0.438. The average molecular weight is 315 g/mol. The summed E-state index contributed by atoms with van der Waals surface area (Å²) in [5, 5.41) is 10.1. The van der Waals surface area contributed by atoms with Gasteiger partial charge in [-0.1, -0.05) is 18.1 Å². The van der Waals surface area contributed by atoms with Gasteiger partial charge in [0.05, 0.1) is 0 Å². The van der Waals surface area contributed by atoms with Crippen molar-refractivity contribution < 1.29 is 9.32 Å². The lowest BCUT2D eigenvalue weighted by atomic mass is 10.2. The number of nitrogens with zero attached hydrogens (tertiary/aromatic N) is 3. The maximum atomic E-state index is 11.9. The van der Waals surface area contributed by atoms with E-state index in [9.17, 15) is 4.79 Å². The Labute approximate surface area is 135 Å². The summed E-state index contributed by atoms with van der Waals surface area (Å²) < 4.78 is 5.26. The Balaban J connectivity index is 1.73. The fourth-order valence-corrected chi connectivity index (χ4v) is 2.54. The molecule has 0 aliphatic carbocycles. The van der Waals surface area contributed by atoms with Crippen LogP contribution in [-0.2, 0) is 6.42 Å². The molecule has 2 amide bonds. The number of aryl methyl sites for hydroxylation is 1. The second-order valence-corrected chi connectivity index (χ2v) is 5.56. The zero-order valence-corrected chi connectivity index (χ0v) is 13.4. The molecule has 2 N–H and O–H groups in total. The zero-order valence-electron chi connectivity index (χ0n) is 13.4. The largest absolute Gasteiger partial charge is 0.374 e. The van der Waals surface area contributed by atoms with Crippen LogP contribution in [0.25, 0.3) is 0 Å². The van der Waals surface area contributed by atoms with Gasteiger partial charge in [0.15, 0.2) is 5.82 Å². The minimum absolute atomic E-state index is 0.0501. The van der Waals surface area contributed by atoms with Gasteiger partial charge >= 0.3 is 6.03 Å². The van der Waals surface area contributed by atoms with Crippen molar-refractivity contribution in [3.63, 3.8) is 0 Å². The first-order valence-corrected chi connectivity index (χ1v) is 7.92. The van der Waals surface area contributed by atoms with E-state index in [1.165, 1.54) is 0 Å². The number of benzene rings is 1. The van der Waals surface area contributed by atoms with Crippen LogP contribution in [0, 0.1) is 0 Å². The van der Waals surface area contributed by atoms with E-state index in [4.69, 9.17) is 4.52 Å². The standard InChI is InChI=1S/C16H21N5O2/c1-3-14-19-15(23-20-14)11(2)18-12-6-4-7-13(10-12)21-9-5-8-17-16(21)22/h4,6-7,10-11,18H,3,5,8-9H2,1-2H3,(H,17,22)/t11-/m0/s1. The van der Waals surface area contributed by atoms with Crippen LogP contribution in [0.3, 0.4) is 0 Å². The van der Waals surface area contributed by atoms with E-state index in [0.717, 1.165) is 37.3 Å². The maximum Gasteiger partial charge on any atom is 0.321 e. The number of urea groups is 1. The number of carbonyl (C=O) groups is 1. The second-order valence-electron chi connectivity index (χ2n) is 5.56. The second kappa shape index (κ2) is 6.68. The Kier molecular flexibility index (Phi) is 4.45. The van der Waals surface area contributed by atoms with Crippen molar-refractivity contribution in [1.82, 2.24) is 15.5 Å². The van der Waals surface area contributed by atoms with E-state index in [1.807, 2.05) is 38.1 Å². The molecule has 0 radical (unpaired) electrons. The van der Waals surface area contributed by atoms with Crippen molar-refractivity contribution in [2.75, 3.05) is 23.3 Å². The molecule has 2 heterocycles. The Hall–Kier alpha value is -2.57. The first kappa shape index (κ1) is 15.3. The highest BCUT2D eigenvalue weighted by molar-refractivity contribution is 5.93. The van der Waals surface area contributed by atoms with Crippen LogP contribution < -0.4 is 15.5 Å². The highest BCUT2D eigenvalue weighted by atomic mass is 16.5. The van der Waals surface area contributed by atoms with Crippen LogP contribution in [0.4, 0.5) is 16.2 Å². The molecule has 3 rings (SSSR count). The number of hydrogen-bond acceptors (Lipinski definition) is 5. The smallest absolute Gasteiger partial charge is 0.321 e. The number of rotatable bonds is 5. The Morgan fingerprint density at radius 1 is 1.48 bits per heavy atom. The van der Waals surface area contributed by atoms with Gasteiger partial charge in [0, 0.05) is 30.9 Å². The van der Waals surface area contributed by atoms with Gasteiger partial charge in [0.25, 0.3) is 0 Å². The summed E-state index contributed by atoms with van der Waals surface area (Å²) >= 11 is 0. The summed E-state index contributed by atoms with van der Waals surface area (Å²) in [7, 11) is 0. The lowest BCUT2D eigenvalue weighted by Gasteiger charge is -2.28. The number of carbonyl (C=O) groups excluding carboxylic acids is 1. The van der Waals surface area contributed by atoms with Crippen LogP contribution in [0.1, 0.15) is 38.0 Å². The molecule has 7 nitrogen and oxygen atoms in total. The number of anilines is 2. The first-order chi connectivity index (χ1) is 11.2. The third-order valence-electron chi connectivity index (χ3n) is 3.79. The normalized spacial score (nSPS) is 16.1. The summed E-state index contributed by atoms with van der Waals surface area (Å²) in [5.74, 6) is 1.26. The van der Waals surface area contributed by atoms with Crippen molar-refractivity contribution in [3.05, 3.63) is 36.0 Å². The molecule has 1 aliphatic heterocycles. The van der Waals surface area contributed by atoms with E-state index < -0.39 is 0 Å². The third kappa shape index (κ3) is 3.44. The fourth-order valence-electron chi connectivity index (χ4n) is 2.54. The maximum absolute atomic E-state index is 11.9. The SMILES string of the molecule is CCc1noc([C@H](C)Nc2cccc(N3CCCNC3=O)c2)n1. The topological polar surface area (TPSA) is 83.3 Å². The van der Waals surface area contributed by atoms with Crippen LogP contribution in [-0.4, -0.2) is 29.3 Å². The van der Waals surface area contributed by atoms with Crippen LogP contribution in [0.15, 0.2) is 28.8 Å². The van der Waals surface area contributed by atoms with Gasteiger partial charge in [-0.3, -0.25) is 4.90 Å². The van der Waals surface area contributed by atoms with E-state index in [-0.39, 0.29) is 12.1 Å². The molecule has 1 aromatic heterocycles. The summed E-state index contributed by atoms with van der Waals surface area (Å²) in [6.45, 7) is 5.42. The Morgan fingerprint density at radius 3 is 3.09 bits per heavy atom. The van der Waals surface area contributed by atoms with Crippen LogP contribution in [0.2, 0.25) is 0 Å². The van der Waals surface area contributed by atoms with Gasteiger partial charge in [-0.25, -0.2) is 4.79 Å². The molecular formula is C16H21N5O2. The molecule has 0 bridgehead atoms. The summed E-state index contributed by atoms with van der Waals surface area (Å²) in [6, 6.07) is 7.62. The highest BCUT2D eigenvalue weighted by Gasteiger charge is 2.20. The number of nitrogens with one attached hydrogen (secondary N) is 2. The van der Waals surface area contributed by atoms with Crippen LogP contribution >= 0.6 is 0 Å². The van der Waals surface area contributed by atoms with E-state index in [0.29, 0.717) is 11.7 Å². The molecule has 1 fully saturated rings. The number of amides is 2. The van der Waals surface area contributed by atoms with E-state index >= 15 is 0 Å². The molecule has 2 aromatic rings. The third-order valence-corrected chi connectivity index (χ3v) is 3.79. The molecule has 1 saturated heterocycles. The monoisotopic (exact) mass is 315 g/mol. The predicted molar refractivity (Wildman–Crippen MR) is 87.5 cm³/mol. The molecule has 1 aromatic carbocycles. The molecular weight excluding hydrogens is 294 g/mol. The van der Waals surface area contributed by atoms with Crippen molar-refractivity contribution >= 4 is 17.4 Å². The molecule has 0 unspecified atom stereocenters. The van der Waals surface area contributed by atoms with Crippen molar-refractivity contribution in [2.24, 2.45) is 0 Å². The minimum Gasteiger partial charge on any atom is -0.374 e. The molecule has 1 aliphatic rings. The summed E-state index contributed by atoms with van der Waals surface area (Å²) in [4.78, 5) is 18.0.